The van der Waals surface area contributed by atoms with Crippen LogP contribution in [0.2, 0.25) is 0 Å². The first-order valence-corrected chi connectivity index (χ1v) is 8.61. The first-order valence-electron chi connectivity index (χ1n) is 7.17. The molecule has 1 atom stereocenters. The maximum absolute atomic E-state index is 12.1. The average Bonchev–Trinajstić information content (AvgIpc) is 2.41. The monoisotopic (exact) mass is 308 g/mol. The number of carbonyl (C=O) groups is 1. The lowest BCUT2D eigenvalue weighted by Crippen LogP contribution is -2.44. The second kappa shape index (κ2) is 10.1. The van der Waals surface area contributed by atoms with Gasteiger partial charge < -0.3 is 4.74 Å². The molecule has 0 amide bonds. The third-order valence-corrected chi connectivity index (χ3v) is 4.76. The van der Waals surface area contributed by atoms with Gasteiger partial charge >= 0.3 is 5.97 Å². The molecule has 0 aliphatic heterocycles. The van der Waals surface area contributed by atoms with E-state index in [0.717, 1.165) is 32.1 Å². The molecule has 0 bridgehead atoms. The molecule has 0 aliphatic rings. The van der Waals surface area contributed by atoms with Gasteiger partial charge in [-0.25, -0.2) is 0 Å². The molecule has 6 nitrogen and oxygen atoms in total. The molecular formula is C13H28N2O4S. The molecule has 1 unspecified atom stereocenters. The second-order valence-electron chi connectivity index (χ2n) is 4.90. The molecule has 0 aromatic carbocycles. The van der Waals surface area contributed by atoms with Crippen LogP contribution in [0.1, 0.15) is 52.4 Å². The van der Waals surface area contributed by atoms with Crippen molar-refractivity contribution in [2.45, 2.75) is 58.4 Å². The molecule has 0 spiro atoms. The molecule has 0 aromatic rings. The fourth-order valence-electron chi connectivity index (χ4n) is 1.83. The molecule has 120 valence electrons. The van der Waals surface area contributed by atoms with Crippen LogP contribution in [0.5, 0.6) is 0 Å². The maximum Gasteiger partial charge on any atom is 0.306 e. The third kappa shape index (κ3) is 7.81. The molecule has 20 heavy (non-hydrogen) atoms. The van der Waals surface area contributed by atoms with E-state index in [9.17, 15) is 13.2 Å². The van der Waals surface area contributed by atoms with Crippen LogP contribution in [0.15, 0.2) is 0 Å². The number of esters is 1. The van der Waals surface area contributed by atoms with Gasteiger partial charge in [-0.15, -0.1) is 0 Å². The van der Waals surface area contributed by atoms with Gasteiger partial charge in [0.15, 0.2) is 0 Å². The minimum Gasteiger partial charge on any atom is -0.469 e. The van der Waals surface area contributed by atoms with Crippen LogP contribution >= 0.6 is 0 Å². The Morgan fingerprint density at radius 2 is 1.90 bits per heavy atom. The molecule has 0 aromatic heterocycles. The maximum atomic E-state index is 12.1. The zero-order chi connectivity index (χ0) is 15.6. The van der Waals surface area contributed by atoms with E-state index in [0.29, 0.717) is 0 Å². The highest BCUT2D eigenvalue weighted by Gasteiger charge is 2.22. The molecular weight excluding hydrogens is 280 g/mol. The summed E-state index contributed by atoms with van der Waals surface area (Å²) in [6.07, 6.45) is 4.70. The molecule has 0 saturated heterocycles. The number of rotatable bonds is 11. The minimum atomic E-state index is -3.54. The van der Waals surface area contributed by atoms with Crippen molar-refractivity contribution in [3.05, 3.63) is 0 Å². The van der Waals surface area contributed by atoms with Crippen molar-refractivity contribution in [3.8, 4) is 0 Å². The van der Waals surface area contributed by atoms with E-state index in [1.807, 2.05) is 6.92 Å². The highest BCUT2D eigenvalue weighted by molar-refractivity contribution is 7.87. The van der Waals surface area contributed by atoms with Crippen molar-refractivity contribution in [2.75, 3.05) is 20.7 Å². The largest absolute Gasteiger partial charge is 0.469 e. The number of ether oxygens (including phenoxy) is 1. The highest BCUT2D eigenvalue weighted by atomic mass is 32.2. The number of carbonyl (C=O) groups excluding carboxylic acids is 1. The standard InChI is InChI=1S/C13H28N2O4S/c1-5-7-9-12(8-6-2)14-20(17,18)15(3)11-10-13(16)19-4/h12,14H,5-11H2,1-4H3. The Bertz CT molecular complexity index is 371. The summed E-state index contributed by atoms with van der Waals surface area (Å²) in [6, 6.07) is -0.0365. The van der Waals surface area contributed by atoms with Crippen molar-refractivity contribution < 1.29 is 17.9 Å². The van der Waals surface area contributed by atoms with Gasteiger partial charge in [0.1, 0.15) is 0 Å². The quantitative estimate of drug-likeness (QED) is 0.589. The smallest absolute Gasteiger partial charge is 0.306 e. The fourth-order valence-corrected chi connectivity index (χ4v) is 3.00. The number of unbranched alkanes of at least 4 members (excludes halogenated alkanes) is 1. The molecule has 1 N–H and O–H groups in total. The second-order valence-corrected chi connectivity index (χ2v) is 6.71. The molecule has 0 saturated carbocycles. The lowest BCUT2D eigenvalue weighted by Gasteiger charge is -2.22. The Morgan fingerprint density at radius 3 is 2.40 bits per heavy atom. The predicted molar refractivity (Wildman–Crippen MR) is 79.5 cm³/mol. The Hall–Kier alpha value is -0.660. The van der Waals surface area contributed by atoms with Crippen molar-refractivity contribution in [2.24, 2.45) is 0 Å². The normalized spacial score (nSPS) is 13.4. The first-order chi connectivity index (χ1) is 9.37. The van der Waals surface area contributed by atoms with E-state index in [1.165, 1.54) is 18.5 Å². The van der Waals surface area contributed by atoms with E-state index in [4.69, 9.17) is 0 Å². The Kier molecular flexibility index (Phi) is 9.79. The lowest BCUT2D eigenvalue weighted by atomic mass is 10.1. The molecule has 7 heteroatoms. The summed E-state index contributed by atoms with van der Waals surface area (Å²) in [7, 11) is -0.785. The van der Waals surface area contributed by atoms with Crippen molar-refractivity contribution >= 4 is 16.2 Å². The summed E-state index contributed by atoms with van der Waals surface area (Å²) in [6.45, 7) is 4.24. The van der Waals surface area contributed by atoms with Crippen LogP contribution in [0, 0.1) is 0 Å². The summed E-state index contributed by atoms with van der Waals surface area (Å²) in [5, 5.41) is 0. The van der Waals surface area contributed by atoms with Crippen molar-refractivity contribution in [1.29, 1.82) is 0 Å². The summed E-state index contributed by atoms with van der Waals surface area (Å²) in [5.41, 5.74) is 0. The van der Waals surface area contributed by atoms with Gasteiger partial charge in [0.2, 0.25) is 0 Å². The summed E-state index contributed by atoms with van der Waals surface area (Å²) < 4.78 is 32.7. The summed E-state index contributed by atoms with van der Waals surface area (Å²) in [5.74, 6) is -0.414. The zero-order valence-corrected chi connectivity index (χ0v) is 13.8. The van der Waals surface area contributed by atoms with Crippen LogP contribution in [0.4, 0.5) is 0 Å². The molecule has 0 fully saturated rings. The van der Waals surface area contributed by atoms with Crippen LogP contribution < -0.4 is 4.72 Å². The zero-order valence-electron chi connectivity index (χ0n) is 13.0. The topological polar surface area (TPSA) is 75.7 Å². The van der Waals surface area contributed by atoms with Gasteiger partial charge in [-0.05, 0) is 12.8 Å². The molecule has 0 heterocycles. The van der Waals surface area contributed by atoms with Gasteiger partial charge in [-0.2, -0.15) is 17.4 Å². The number of nitrogens with one attached hydrogen (secondary N) is 1. The molecule has 0 aliphatic carbocycles. The number of methoxy groups -OCH3 is 1. The van der Waals surface area contributed by atoms with Gasteiger partial charge in [0.25, 0.3) is 10.2 Å². The highest BCUT2D eigenvalue weighted by Crippen LogP contribution is 2.09. The van der Waals surface area contributed by atoms with E-state index in [2.05, 4.69) is 16.4 Å². The lowest BCUT2D eigenvalue weighted by molar-refractivity contribution is -0.140. The van der Waals surface area contributed by atoms with Gasteiger partial charge in [-0.1, -0.05) is 33.1 Å². The first kappa shape index (κ1) is 19.3. The third-order valence-electron chi connectivity index (χ3n) is 3.13. The van der Waals surface area contributed by atoms with E-state index < -0.39 is 16.2 Å². The van der Waals surface area contributed by atoms with E-state index in [1.54, 1.807) is 0 Å². The van der Waals surface area contributed by atoms with Gasteiger partial charge in [-0.3, -0.25) is 4.79 Å². The van der Waals surface area contributed by atoms with Crippen LogP contribution in [0.3, 0.4) is 0 Å². The summed E-state index contributed by atoms with van der Waals surface area (Å²) >= 11 is 0. The van der Waals surface area contributed by atoms with Crippen LogP contribution in [0.25, 0.3) is 0 Å². The van der Waals surface area contributed by atoms with E-state index >= 15 is 0 Å². The Balaban J connectivity index is 4.47. The van der Waals surface area contributed by atoms with Crippen LogP contribution in [-0.2, 0) is 19.7 Å². The summed E-state index contributed by atoms with van der Waals surface area (Å²) in [4.78, 5) is 11.0. The number of hydrogen-bond donors (Lipinski definition) is 1. The SMILES string of the molecule is CCCCC(CCC)NS(=O)(=O)N(C)CCC(=O)OC. The Morgan fingerprint density at radius 1 is 1.25 bits per heavy atom. The van der Waals surface area contributed by atoms with E-state index in [-0.39, 0.29) is 19.0 Å². The molecule has 0 rings (SSSR count). The minimum absolute atomic E-state index is 0.0365. The van der Waals surface area contributed by atoms with Gasteiger partial charge in [0.05, 0.1) is 13.5 Å². The van der Waals surface area contributed by atoms with Gasteiger partial charge in [0, 0.05) is 19.6 Å². The molecule has 0 radical (unpaired) electrons. The van der Waals surface area contributed by atoms with Crippen molar-refractivity contribution in [1.82, 2.24) is 9.03 Å². The Labute approximate surface area is 123 Å². The van der Waals surface area contributed by atoms with Crippen molar-refractivity contribution in [3.63, 3.8) is 0 Å². The average molecular weight is 308 g/mol. The fraction of sp³-hybridized carbons (Fsp3) is 0.923. The van der Waals surface area contributed by atoms with Crippen LogP contribution in [-0.4, -0.2) is 45.4 Å². The number of nitrogens with zero attached hydrogens (tertiary/aromatic N) is 1. The predicted octanol–water partition coefficient (Wildman–Crippen LogP) is 1.67. The number of hydrogen-bond acceptors (Lipinski definition) is 4.